The normalized spacial score (nSPS) is 12.5. The Kier molecular flexibility index (Phi) is 5.07. The number of hydrogen-bond donors (Lipinski definition) is 2. The standard InChI is InChI=1S/C13H16N2O2S2/c1-2-11(13-14-5-6-18-13)15-8-10-4-3-9(19-10)7-12(16)17/h3-6,11,15H,2,7-8H2,1H3,(H,16,17). The molecule has 0 amide bonds. The van der Waals surface area contributed by atoms with Crippen molar-refractivity contribution in [3.63, 3.8) is 0 Å². The topological polar surface area (TPSA) is 62.2 Å². The lowest BCUT2D eigenvalue weighted by atomic mass is 10.2. The van der Waals surface area contributed by atoms with E-state index in [1.165, 1.54) is 0 Å². The van der Waals surface area contributed by atoms with Crippen LogP contribution in [0, 0.1) is 0 Å². The molecule has 0 radical (unpaired) electrons. The highest BCUT2D eigenvalue weighted by Crippen LogP contribution is 2.21. The molecule has 4 nitrogen and oxygen atoms in total. The van der Waals surface area contributed by atoms with Gasteiger partial charge in [0.05, 0.1) is 12.5 Å². The molecule has 0 saturated carbocycles. The first-order chi connectivity index (χ1) is 9.19. The highest BCUT2D eigenvalue weighted by Gasteiger charge is 2.12. The third kappa shape index (κ3) is 4.12. The van der Waals surface area contributed by atoms with E-state index >= 15 is 0 Å². The van der Waals surface area contributed by atoms with E-state index < -0.39 is 5.97 Å². The van der Waals surface area contributed by atoms with Crippen LogP contribution in [0.1, 0.15) is 34.1 Å². The van der Waals surface area contributed by atoms with Gasteiger partial charge in [-0.1, -0.05) is 6.92 Å². The number of rotatable bonds is 7. The Hall–Kier alpha value is -1.24. The van der Waals surface area contributed by atoms with E-state index in [0.717, 1.165) is 27.7 Å². The van der Waals surface area contributed by atoms with Crippen molar-refractivity contribution < 1.29 is 9.90 Å². The Bertz CT molecular complexity index is 522. The summed E-state index contributed by atoms with van der Waals surface area (Å²) in [5.74, 6) is -0.782. The van der Waals surface area contributed by atoms with Crippen LogP contribution in [0.2, 0.25) is 0 Å². The SMILES string of the molecule is CCC(NCc1ccc(CC(=O)O)s1)c1nccs1. The number of carbonyl (C=O) groups is 1. The molecule has 0 saturated heterocycles. The van der Waals surface area contributed by atoms with Gasteiger partial charge in [0.1, 0.15) is 5.01 Å². The summed E-state index contributed by atoms with van der Waals surface area (Å²) in [6, 6.07) is 4.15. The van der Waals surface area contributed by atoms with Gasteiger partial charge in [-0.15, -0.1) is 22.7 Å². The highest BCUT2D eigenvalue weighted by molar-refractivity contribution is 7.12. The maximum absolute atomic E-state index is 10.6. The first-order valence-electron chi connectivity index (χ1n) is 6.11. The van der Waals surface area contributed by atoms with Crippen LogP contribution in [-0.4, -0.2) is 16.1 Å². The van der Waals surface area contributed by atoms with Gasteiger partial charge in [-0.25, -0.2) is 4.98 Å². The number of thiazole rings is 1. The number of aromatic nitrogens is 1. The van der Waals surface area contributed by atoms with Crippen molar-refractivity contribution >= 4 is 28.6 Å². The molecule has 0 bridgehead atoms. The molecular weight excluding hydrogens is 280 g/mol. The van der Waals surface area contributed by atoms with E-state index in [4.69, 9.17) is 5.11 Å². The molecule has 0 aliphatic carbocycles. The van der Waals surface area contributed by atoms with E-state index in [9.17, 15) is 4.79 Å². The van der Waals surface area contributed by atoms with E-state index in [0.29, 0.717) is 0 Å². The quantitative estimate of drug-likeness (QED) is 0.824. The second-order valence-corrected chi connectivity index (χ2v) is 6.33. The fourth-order valence-electron chi connectivity index (χ4n) is 1.80. The van der Waals surface area contributed by atoms with Crippen molar-refractivity contribution in [1.29, 1.82) is 0 Å². The van der Waals surface area contributed by atoms with Gasteiger partial charge in [-0.3, -0.25) is 4.79 Å². The van der Waals surface area contributed by atoms with Crippen LogP contribution in [0.5, 0.6) is 0 Å². The van der Waals surface area contributed by atoms with Gasteiger partial charge in [-0.2, -0.15) is 0 Å². The molecule has 0 aliphatic heterocycles. The van der Waals surface area contributed by atoms with Crippen LogP contribution in [0.4, 0.5) is 0 Å². The first kappa shape index (κ1) is 14.2. The molecule has 6 heteroatoms. The van der Waals surface area contributed by atoms with Crippen molar-refractivity contribution in [2.24, 2.45) is 0 Å². The Morgan fingerprint density at radius 3 is 2.89 bits per heavy atom. The number of carboxylic acids is 1. The zero-order valence-corrected chi connectivity index (χ0v) is 12.3. The van der Waals surface area contributed by atoms with Crippen molar-refractivity contribution in [3.05, 3.63) is 38.5 Å². The number of carboxylic acid groups (broad SMARTS) is 1. The smallest absolute Gasteiger partial charge is 0.308 e. The van der Waals surface area contributed by atoms with Gasteiger partial charge < -0.3 is 10.4 Å². The Balaban J connectivity index is 1.90. The summed E-state index contributed by atoms with van der Waals surface area (Å²) in [6.45, 7) is 2.88. The lowest BCUT2D eigenvalue weighted by Crippen LogP contribution is -2.19. The van der Waals surface area contributed by atoms with Crippen molar-refractivity contribution in [3.8, 4) is 0 Å². The molecule has 2 aromatic heterocycles. The third-order valence-corrected chi connectivity index (χ3v) is 4.70. The third-order valence-electron chi connectivity index (χ3n) is 2.72. The number of nitrogens with zero attached hydrogens (tertiary/aromatic N) is 1. The van der Waals surface area contributed by atoms with Gasteiger partial charge in [0.2, 0.25) is 0 Å². The minimum Gasteiger partial charge on any atom is -0.481 e. The minimum absolute atomic E-state index is 0.106. The Morgan fingerprint density at radius 2 is 2.26 bits per heavy atom. The molecule has 2 aromatic rings. The number of nitrogens with one attached hydrogen (secondary N) is 1. The predicted octanol–water partition coefficient (Wildman–Crippen LogP) is 3.07. The van der Waals surface area contributed by atoms with Gasteiger partial charge in [0.25, 0.3) is 0 Å². The summed E-state index contributed by atoms with van der Waals surface area (Å²) in [5, 5.41) is 15.3. The molecule has 0 aliphatic rings. The largest absolute Gasteiger partial charge is 0.481 e. The molecule has 102 valence electrons. The van der Waals surface area contributed by atoms with Crippen LogP contribution in [0.25, 0.3) is 0 Å². The lowest BCUT2D eigenvalue weighted by molar-refractivity contribution is -0.136. The molecular formula is C13H16N2O2S2. The molecule has 1 atom stereocenters. The van der Waals surface area contributed by atoms with E-state index in [1.54, 1.807) is 22.7 Å². The predicted molar refractivity (Wildman–Crippen MR) is 77.6 cm³/mol. The maximum atomic E-state index is 10.6. The summed E-state index contributed by atoms with van der Waals surface area (Å²) >= 11 is 3.21. The Morgan fingerprint density at radius 1 is 1.47 bits per heavy atom. The van der Waals surface area contributed by atoms with Gasteiger partial charge >= 0.3 is 5.97 Å². The molecule has 0 aromatic carbocycles. The average Bonchev–Trinajstić information content (AvgIpc) is 3.01. The monoisotopic (exact) mass is 296 g/mol. The van der Waals surface area contributed by atoms with Gasteiger partial charge in [0.15, 0.2) is 0 Å². The Labute approximate surface area is 120 Å². The average molecular weight is 296 g/mol. The van der Waals surface area contributed by atoms with E-state index in [-0.39, 0.29) is 12.5 Å². The number of aliphatic carboxylic acids is 1. The summed E-state index contributed by atoms with van der Waals surface area (Å²) in [5.41, 5.74) is 0. The van der Waals surface area contributed by atoms with Crippen molar-refractivity contribution in [1.82, 2.24) is 10.3 Å². The fraction of sp³-hybridized carbons (Fsp3) is 0.385. The van der Waals surface area contributed by atoms with Gasteiger partial charge in [-0.05, 0) is 18.6 Å². The van der Waals surface area contributed by atoms with Crippen LogP contribution in [-0.2, 0) is 17.8 Å². The molecule has 0 fully saturated rings. The fourth-order valence-corrected chi connectivity index (χ4v) is 3.56. The molecule has 1 unspecified atom stereocenters. The second-order valence-electron chi connectivity index (χ2n) is 4.15. The van der Waals surface area contributed by atoms with Crippen LogP contribution < -0.4 is 5.32 Å². The summed E-state index contributed by atoms with van der Waals surface area (Å²) in [4.78, 5) is 17.0. The zero-order valence-electron chi connectivity index (χ0n) is 10.6. The number of hydrogen-bond acceptors (Lipinski definition) is 5. The first-order valence-corrected chi connectivity index (χ1v) is 7.80. The minimum atomic E-state index is -0.782. The molecule has 2 heterocycles. The van der Waals surface area contributed by atoms with E-state index in [1.807, 2.05) is 23.7 Å². The maximum Gasteiger partial charge on any atom is 0.308 e. The highest BCUT2D eigenvalue weighted by atomic mass is 32.1. The van der Waals surface area contributed by atoms with E-state index in [2.05, 4.69) is 17.2 Å². The molecule has 2 rings (SSSR count). The van der Waals surface area contributed by atoms with Crippen LogP contribution in [0.3, 0.4) is 0 Å². The van der Waals surface area contributed by atoms with Crippen molar-refractivity contribution in [2.75, 3.05) is 0 Å². The second kappa shape index (κ2) is 6.79. The van der Waals surface area contributed by atoms with Crippen molar-refractivity contribution in [2.45, 2.75) is 32.4 Å². The molecule has 0 spiro atoms. The molecule has 2 N–H and O–H groups in total. The summed E-state index contributed by atoms with van der Waals surface area (Å²) in [6.07, 6.45) is 2.91. The summed E-state index contributed by atoms with van der Waals surface area (Å²) < 4.78 is 0. The molecule has 19 heavy (non-hydrogen) atoms. The number of thiophene rings is 1. The van der Waals surface area contributed by atoms with Crippen LogP contribution in [0.15, 0.2) is 23.7 Å². The van der Waals surface area contributed by atoms with Gasteiger partial charge in [0, 0.05) is 27.9 Å². The summed E-state index contributed by atoms with van der Waals surface area (Å²) in [7, 11) is 0. The lowest BCUT2D eigenvalue weighted by Gasteiger charge is -2.13. The zero-order chi connectivity index (χ0) is 13.7. The van der Waals surface area contributed by atoms with Crippen LogP contribution >= 0.6 is 22.7 Å².